The maximum atomic E-state index is 5.44. The lowest BCUT2D eigenvalue weighted by Gasteiger charge is -2.32. The summed E-state index contributed by atoms with van der Waals surface area (Å²) in [7, 11) is 4.03. The van der Waals surface area contributed by atoms with E-state index in [2.05, 4.69) is 39.0 Å². The molecule has 0 aromatic heterocycles. The summed E-state index contributed by atoms with van der Waals surface area (Å²) in [5, 5.41) is 3.49. The van der Waals surface area contributed by atoms with Crippen molar-refractivity contribution in [2.75, 3.05) is 73.1 Å². The summed E-state index contributed by atoms with van der Waals surface area (Å²) in [6, 6.07) is 0.658. The largest absolute Gasteiger partial charge is 0.379 e. The van der Waals surface area contributed by atoms with Gasteiger partial charge in [0.25, 0.3) is 0 Å². The van der Waals surface area contributed by atoms with Crippen molar-refractivity contribution in [1.82, 2.24) is 20.0 Å². The van der Waals surface area contributed by atoms with Crippen LogP contribution in [-0.2, 0) is 4.74 Å². The van der Waals surface area contributed by atoms with Crippen LogP contribution in [0.3, 0.4) is 0 Å². The van der Waals surface area contributed by atoms with Gasteiger partial charge in [-0.05, 0) is 20.0 Å². The molecule has 1 N–H and O–H groups in total. The van der Waals surface area contributed by atoms with E-state index in [0.29, 0.717) is 6.04 Å². The molecule has 0 aromatic carbocycles. The van der Waals surface area contributed by atoms with Crippen LogP contribution in [0.15, 0.2) is 4.99 Å². The van der Waals surface area contributed by atoms with E-state index in [-0.39, 0.29) is 24.0 Å². The van der Waals surface area contributed by atoms with Crippen LogP contribution >= 0.6 is 24.0 Å². The molecule has 7 heteroatoms. The Labute approximate surface area is 152 Å². The molecule has 1 atom stereocenters. The summed E-state index contributed by atoms with van der Waals surface area (Å²) in [6.45, 7) is 11.4. The van der Waals surface area contributed by atoms with Gasteiger partial charge >= 0.3 is 0 Å². The van der Waals surface area contributed by atoms with Gasteiger partial charge in [0.15, 0.2) is 5.96 Å². The SMILES string of the molecule is CCN(C)CCNC(=NC)N1CCC(N2CCOCC2)C1.I. The second-order valence-corrected chi connectivity index (χ2v) is 5.91. The first kappa shape index (κ1) is 19.9. The standard InChI is InChI=1S/C15H31N5O.HI/c1-4-18(3)8-6-17-15(16-2)20-7-5-14(13-20)19-9-11-21-12-10-19;/h14H,4-13H2,1-3H3,(H,16,17);1H. The Kier molecular flexibility index (Phi) is 9.62. The highest BCUT2D eigenvalue weighted by Gasteiger charge is 2.30. The van der Waals surface area contributed by atoms with E-state index in [4.69, 9.17) is 4.74 Å². The number of morpholine rings is 1. The number of likely N-dealkylation sites (tertiary alicyclic amines) is 1. The number of hydrogen-bond acceptors (Lipinski definition) is 4. The maximum absolute atomic E-state index is 5.44. The molecule has 2 heterocycles. The van der Waals surface area contributed by atoms with Crippen molar-refractivity contribution in [3.8, 4) is 0 Å². The molecule has 0 spiro atoms. The molecule has 2 aliphatic heterocycles. The Morgan fingerprint density at radius 1 is 1.32 bits per heavy atom. The predicted molar refractivity (Wildman–Crippen MR) is 102 cm³/mol. The van der Waals surface area contributed by atoms with Crippen LogP contribution in [0.1, 0.15) is 13.3 Å². The molecule has 0 saturated carbocycles. The van der Waals surface area contributed by atoms with Gasteiger partial charge in [-0.1, -0.05) is 6.92 Å². The minimum absolute atomic E-state index is 0. The second-order valence-electron chi connectivity index (χ2n) is 5.91. The number of hydrogen-bond donors (Lipinski definition) is 1. The highest BCUT2D eigenvalue weighted by molar-refractivity contribution is 14.0. The zero-order valence-electron chi connectivity index (χ0n) is 14.3. The van der Waals surface area contributed by atoms with Gasteiger partial charge in [-0.2, -0.15) is 0 Å². The van der Waals surface area contributed by atoms with Crippen molar-refractivity contribution in [2.45, 2.75) is 19.4 Å². The van der Waals surface area contributed by atoms with Crippen LogP contribution in [0.25, 0.3) is 0 Å². The smallest absolute Gasteiger partial charge is 0.193 e. The molecule has 0 bridgehead atoms. The molecule has 0 amide bonds. The normalized spacial score (nSPS) is 23.7. The van der Waals surface area contributed by atoms with Crippen molar-refractivity contribution in [1.29, 1.82) is 0 Å². The van der Waals surface area contributed by atoms with Gasteiger partial charge < -0.3 is 19.9 Å². The second kappa shape index (κ2) is 10.6. The molecule has 2 rings (SSSR count). The summed E-state index contributed by atoms with van der Waals surface area (Å²) in [4.78, 5) is 11.7. The Balaban J connectivity index is 0.00000242. The van der Waals surface area contributed by atoms with Crippen LogP contribution in [0.5, 0.6) is 0 Å². The molecule has 2 fully saturated rings. The number of ether oxygens (including phenoxy) is 1. The average molecular weight is 425 g/mol. The molecule has 0 aliphatic carbocycles. The molecule has 0 radical (unpaired) electrons. The van der Waals surface area contributed by atoms with Gasteiger partial charge in [-0.15, -0.1) is 24.0 Å². The van der Waals surface area contributed by atoms with Gasteiger partial charge in [0, 0.05) is 52.4 Å². The highest BCUT2D eigenvalue weighted by atomic mass is 127. The zero-order valence-corrected chi connectivity index (χ0v) is 16.6. The summed E-state index contributed by atoms with van der Waals surface area (Å²) >= 11 is 0. The molecular weight excluding hydrogens is 393 g/mol. The first-order chi connectivity index (χ1) is 10.2. The van der Waals surface area contributed by atoms with Gasteiger partial charge in [0.05, 0.1) is 13.2 Å². The fourth-order valence-corrected chi connectivity index (χ4v) is 3.02. The Hall–Kier alpha value is -0.120. The van der Waals surface area contributed by atoms with E-state index in [0.717, 1.165) is 65.0 Å². The fourth-order valence-electron chi connectivity index (χ4n) is 3.02. The van der Waals surface area contributed by atoms with E-state index < -0.39 is 0 Å². The molecular formula is C15H32IN5O. The Morgan fingerprint density at radius 2 is 2.05 bits per heavy atom. The molecule has 1 unspecified atom stereocenters. The van der Waals surface area contributed by atoms with E-state index in [1.54, 1.807) is 0 Å². The van der Waals surface area contributed by atoms with Crippen molar-refractivity contribution < 1.29 is 4.74 Å². The van der Waals surface area contributed by atoms with Gasteiger partial charge in [0.1, 0.15) is 0 Å². The third-order valence-corrected chi connectivity index (χ3v) is 4.55. The summed E-state index contributed by atoms with van der Waals surface area (Å²) in [5.41, 5.74) is 0. The van der Waals surface area contributed by atoms with Gasteiger partial charge in [0.2, 0.25) is 0 Å². The van der Waals surface area contributed by atoms with Crippen LogP contribution < -0.4 is 5.32 Å². The lowest BCUT2D eigenvalue weighted by Crippen LogP contribution is -2.47. The van der Waals surface area contributed by atoms with E-state index >= 15 is 0 Å². The first-order valence-electron chi connectivity index (χ1n) is 8.20. The average Bonchev–Trinajstić information content (AvgIpc) is 3.02. The molecule has 130 valence electrons. The number of guanidine groups is 1. The molecule has 22 heavy (non-hydrogen) atoms. The van der Waals surface area contributed by atoms with Crippen molar-refractivity contribution in [3.63, 3.8) is 0 Å². The van der Waals surface area contributed by atoms with Crippen LogP contribution in [0.2, 0.25) is 0 Å². The van der Waals surface area contributed by atoms with Crippen molar-refractivity contribution >= 4 is 29.9 Å². The van der Waals surface area contributed by atoms with E-state index in [9.17, 15) is 0 Å². The van der Waals surface area contributed by atoms with Gasteiger partial charge in [-0.25, -0.2) is 0 Å². The molecule has 2 saturated heterocycles. The third kappa shape index (κ3) is 5.82. The summed E-state index contributed by atoms with van der Waals surface area (Å²) < 4.78 is 5.44. The van der Waals surface area contributed by atoms with E-state index in [1.807, 2.05) is 7.05 Å². The topological polar surface area (TPSA) is 43.3 Å². The third-order valence-electron chi connectivity index (χ3n) is 4.55. The zero-order chi connectivity index (χ0) is 15.1. The van der Waals surface area contributed by atoms with Gasteiger partial charge in [-0.3, -0.25) is 9.89 Å². The monoisotopic (exact) mass is 425 g/mol. The van der Waals surface area contributed by atoms with Crippen molar-refractivity contribution in [3.05, 3.63) is 0 Å². The number of likely N-dealkylation sites (N-methyl/N-ethyl adjacent to an activating group) is 1. The number of rotatable bonds is 5. The Bertz CT molecular complexity index is 336. The van der Waals surface area contributed by atoms with Crippen LogP contribution in [0, 0.1) is 0 Å². The number of nitrogens with one attached hydrogen (secondary N) is 1. The summed E-state index contributed by atoms with van der Waals surface area (Å²) in [6.07, 6.45) is 1.23. The molecule has 2 aliphatic rings. The number of aliphatic imine (C=N–C) groups is 1. The van der Waals surface area contributed by atoms with Crippen LogP contribution in [-0.4, -0.2) is 99.8 Å². The fraction of sp³-hybridized carbons (Fsp3) is 0.933. The maximum Gasteiger partial charge on any atom is 0.193 e. The first-order valence-corrected chi connectivity index (χ1v) is 8.20. The summed E-state index contributed by atoms with van der Waals surface area (Å²) in [5.74, 6) is 1.05. The lowest BCUT2D eigenvalue weighted by molar-refractivity contribution is 0.0195. The molecule has 0 aromatic rings. The minimum atomic E-state index is 0. The minimum Gasteiger partial charge on any atom is -0.379 e. The highest BCUT2D eigenvalue weighted by Crippen LogP contribution is 2.16. The number of nitrogens with zero attached hydrogens (tertiary/aromatic N) is 4. The predicted octanol–water partition coefficient (Wildman–Crippen LogP) is 0.538. The quantitative estimate of drug-likeness (QED) is 0.396. The van der Waals surface area contributed by atoms with E-state index in [1.165, 1.54) is 6.42 Å². The van der Waals surface area contributed by atoms with Crippen LogP contribution in [0.4, 0.5) is 0 Å². The Morgan fingerprint density at radius 3 is 2.68 bits per heavy atom. The van der Waals surface area contributed by atoms with Crippen molar-refractivity contribution in [2.24, 2.45) is 4.99 Å². The molecule has 6 nitrogen and oxygen atoms in total. The number of halogens is 1. The lowest BCUT2D eigenvalue weighted by atomic mass is 10.2.